The molecule has 0 aliphatic carbocycles. The van der Waals surface area contributed by atoms with Crippen LogP contribution in [0.3, 0.4) is 0 Å². The summed E-state index contributed by atoms with van der Waals surface area (Å²) in [6, 6.07) is 74.8. The number of benzene rings is 8. The predicted octanol–water partition coefficient (Wildman–Crippen LogP) is 17.7. The maximum Gasteiger partial charge on any atom is 0.164 e. The van der Waals surface area contributed by atoms with E-state index < -0.39 is 0 Å². The van der Waals surface area contributed by atoms with Gasteiger partial charge in [-0.3, -0.25) is 19.9 Å². The second-order valence-electron chi connectivity index (χ2n) is 21.3. The molecule has 0 amide bonds. The van der Waals surface area contributed by atoms with Crippen molar-refractivity contribution in [3.8, 4) is 67.2 Å². The molecule has 0 spiro atoms. The predicted molar refractivity (Wildman–Crippen MR) is 345 cm³/mol. The van der Waals surface area contributed by atoms with Gasteiger partial charge in [0.1, 0.15) is 5.01 Å². The molecule has 0 fully saturated rings. The molecule has 0 saturated carbocycles. The Bertz CT molecular complexity index is 5200. The highest BCUT2D eigenvalue weighted by molar-refractivity contribution is 7.21. The van der Waals surface area contributed by atoms with E-state index in [4.69, 9.17) is 34.9 Å². The molecule has 8 aromatic carbocycles. The monoisotopic (exact) mass is 1110 g/mol. The van der Waals surface area contributed by atoms with Crippen LogP contribution >= 0.6 is 11.3 Å². The number of pyridine rings is 4. The average Bonchev–Trinajstić information content (AvgIpc) is 1.68. The highest BCUT2D eigenvalue weighted by atomic mass is 32.1. The van der Waals surface area contributed by atoms with Gasteiger partial charge in [-0.25, -0.2) is 15.0 Å². The van der Waals surface area contributed by atoms with Gasteiger partial charge in [0, 0.05) is 79.0 Å². The van der Waals surface area contributed by atoms with Gasteiger partial charge in [0.2, 0.25) is 0 Å². The fourth-order valence-electron chi connectivity index (χ4n) is 13.3. The highest BCUT2D eigenvalue weighted by Crippen LogP contribution is 2.55. The zero-order valence-electron chi connectivity index (χ0n) is 45.2. The first-order chi connectivity index (χ1) is 42.2. The molecule has 10 heterocycles. The van der Waals surface area contributed by atoms with E-state index in [1.165, 1.54) is 0 Å². The summed E-state index contributed by atoms with van der Waals surface area (Å²) >= 11 is 1.68. The highest BCUT2D eigenvalue weighted by Gasteiger charge is 2.38. The number of aromatic nitrogens is 11. The van der Waals surface area contributed by atoms with Crippen molar-refractivity contribution in [2.45, 2.75) is 0 Å². The summed E-state index contributed by atoms with van der Waals surface area (Å²) in [5.41, 5.74) is 16.7. The minimum atomic E-state index is 0.492. The van der Waals surface area contributed by atoms with Crippen molar-refractivity contribution in [3.63, 3.8) is 0 Å². The Morgan fingerprint density at radius 2 is 0.612 bits per heavy atom. The van der Waals surface area contributed by atoms with Crippen LogP contribution in [-0.4, -0.2) is 53.2 Å². The third-order valence-corrected chi connectivity index (χ3v) is 17.8. The molecule has 0 N–H and O–H groups in total. The fraction of sp³-hybridized carbons (Fsp3) is 0. The number of hydrogen-bond donors (Lipinski definition) is 0. The summed E-state index contributed by atoms with van der Waals surface area (Å²) in [6.45, 7) is 0. The Hall–Kier alpha value is -11.5. The van der Waals surface area contributed by atoms with Crippen molar-refractivity contribution in [3.05, 3.63) is 262 Å². The van der Waals surface area contributed by atoms with Crippen molar-refractivity contribution in [1.82, 2.24) is 53.2 Å². The van der Waals surface area contributed by atoms with Crippen LogP contribution in [0, 0.1) is 0 Å². The molecule has 18 aromatic rings. The van der Waals surface area contributed by atoms with Gasteiger partial charge in [0.25, 0.3) is 0 Å². The topological polar surface area (TPSA) is 110 Å². The van der Waals surface area contributed by atoms with Crippen molar-refractivity contribution in [1.29, 1.82) is 0 Å². The third kappa shape index (κ3) is 6.97. The lowest BCUT2D eigenvalue weighted by molar-refractivity contribution is 1.03. The van der Waals surface area contributed by atoms with E-state index in [2.05, 4.69) is 218 Å². The number of para-hydroxylation sites is 5. The number of thiazole rings is 1. The molecule has 0 bridgehead atoms. The number of nitrogens with zero attached hydrogens (tertiary/aromatic N) is 11. The lowest BCUT2D eigenvalue weighted by Crippen LogP contribution is -2.17. The van der Waals surface area contributed by atoms with E-state index in [0.717, 1.165) is 159 Å². The maximum absolute atomic E-state index is 5.97. The van der Waals surface area contributed by atoms with E-state index in [-0.39, 0.29) is 0 Å². The van der Waals surface area contributed by atoms with Gasteiger partial charge < -0.3 is 18.3 Å². The summed E-state index contributed by atoms with van der Waals surface area (Å²) in [4.78, 5) is 37.7. The Labute approximate surface area is 488 Å². The molecule has 85 heavy (non-hydrogen) atoms. The number of fused-ring (bicyclic) bond motifs is 13. The lowest BCUT2D eigenvalue weighted by Gasteiger charge is -2.30. The van der Waals surface area contributed by atoms with Crippen molar-refractivity contribution < 1.29 is 0 Å². The molecule has 396 valence electrons. The normalized spacial score (nSPS) is 12.0. The summed E-state index contributed by atoms with van der Waals surface area (Å²) in [6.07, 6.45) is 15.6. The standard InChI is InChI=1S/C73H43N11S/c1-3-17-44(18-4-1)55-39-56(45-19-5-2-6-20-45)79-72(78-55)66-68(81-57-26-12-7-21-46(57)50-31-35-74-40-61(50)81)70(83-59-28-14-9-23-48(59)52-33-37-76-42-63(52)83)67(73-80-54-25-11-16-30-65(54)85-73)71(84-60-29-15-10-24-49(60)53-34-38-77-43-64(53)84)69(66)82-58-27-13-8-22-47(58)51-32-36-75-41-62(51)82/h1-43H. The lowest BCUT2D eigenvalue weighted by atomic mass is 9.96. The van der Waals surface area contributed by atoms with Crippen LogP contribution in [0.4, 0.5) is 0 Å². The van der Waals surface area contributed by atoms with Crippen molar-refractivity contribution in [2.75, 3.05) is 0 Å². The summed E-state index contributed by atoms with van der Waals surface area (Å²) in [7, 11) is 0. The summed E-state index contributed by atoms with van der Waals surface area (Å²) in [5.74, 6) is 0.492. The molecule has 18 rings (SSSR count). The first-order valence-electron chi connectivity index (χ1n) is 28.2. The Morgan fingerprint density at radius 1 is 0.282 bits per heavy atom. The summed E-state index contributed by atoms with van der Waals surface area (Å²) in [5, 5.41) is 9.23. The first kappa shape index (κ1) is 47.2. The van der Waals surface area contributed by atoms with Gasteiger partial charge in [-0.1, -0.05) is 146 Å². The van der Waals surface area contributed by atoms with Gasteiger partial charge in [0.15, 0.2) is 5.82 Å². The largest absolute Gasteiger partial charge is 0.305 e. The van der Waals surface area contributed by atoms with Crippen LogP contribution in [-0.2, 0) is 0 Å². The van der Waals surface area contributed by atoms with Gasteiger partial charge in [-0.15, -0.1) is 11.3 Å². The smallest absolute Gasteiger partial charge is 0.164 e. The van der Waals surface area contributed by atoms with Crippen molar-refractivity contribution in [2.24, 2.45) is 0 Å². The first-order valence-corrected chi connectivity index (χ1v) is 29.0. The van der Waals surface area contributed by atoms with Gasteiger partial charge in [-0.2, -0.15) is 0 Å². The molecule has 0 saturated heterocycles. The molecule has 0 atom stereocenters. The Morgan fingerprint density at radius 3 is 1.00 bits per heavy atom. The van der Waals surface area contributed by atoms with Gasteiger partial charge >= 0.3 is 0 Å². The van der Waals surface area contributed by atoms with E-state index in [1.54, 1.807) is 11.3 Å². The number of hydrogen-bond acceptors (Lipinski definition) is 8. The third-order valence-electron chi connectivity index (χ3n) is 16.8. The van der Waals surface area contributed by atoms with Crippen LogP contribution in [0.1, 0.15) is 0 Å². The van der Waals surface area contributed by atoms with E-state index in [9.17, 15) is 0 Å². The van der Waals surface area contributed by atoms with Crippen LogP contribution in [0.2, 0.25) is 0 Å². The molecule has 0 aliphatic heterocycles. The van der Waals surface area contributed by atoms with Crippen LogP contribution in [0.5, 0.6) is 0 Å². The van der Waals surface area contributed by atoms with Crippen LogP contribution in [0.25, 0.3) is 165 Å². The SMILES string of the molecule is c1ccc(-c2cc(-c3ccccc3)nc(-c3c(-n4c5ccccc5c5ccncc54)c(-n4c5ccccc5c5ccncc54)c(-c4nc5ccccc5s4)c(-n4c5ccccc5c5ccncc54)c3-n3c4ccccc4c4ccncc43)n2)cc1. The zero-order chi connectivity index (χ0) is 55.7. The van der Waals surface area contributed by atoms with E-state index in [0.29, 0.717) is 5.82 Å². The second-order valence-corrected chi connectivity index (χ2v) is 22.3. The fourth-order valence-corrected chi connectivity index (χ4v) is 14.3. The quantitative estimate of drug-likeness (QED) is 0.149. The number of rotatable bonds is 8. The second kappa shape index (κ2) is 18.5. The minimum Gasteiger partial charge on any atom is -0.305 e. The molecular weight excluding hydrogens is 1060 g/mol. The minimum absolute atomic E-state index is 0.492. The van der Waals surface area contributed by atoms with Crippen LogP contribution in [0.15, 0.2) is 262 Å². The van der Waals surface area contributed by atoms with E-state index >= 15 is 0 Å². The zero-order valence-corrected chi connectivity index (χ0v) is 46.0. The molecule has 12 heteroatoms. The molecule has 0 unspecified atom stereocenters. The molecule has 0 aliphatic rings. The Balaban J connectivity index is 1.23. The average molecular weight is 1110 g/mol. The molecule has 10 aromatic heterocycles. The van der Waals surface area contributed by atoms with E-state index in [1.807, 2.05) is 61.7 Å². The molecular formula is C73H43N11S. The molecule has 0 radical (unpaired) electrons. The Kier molecular flexibility index (Phi) is 10.3. The maximum atomic E-state index is 5.97. The van der Waals surface area contributed by atoms with Crippen molar-refractivity contribution >= 4 is 109 Å². The van der Waals surface area contributed by atoms with Crippen LogP contribution < -0.4 is 0 Å². The molecule has 11 nitrogen and oxygen atoms in total. The van der Waals surface area contributed by atoms with Gasteiger partial charge in [-0.05, 0) is 66.7 Å². The summed E-state index contributed by atoms with van der Waals surface area (Å²) < 4.78 is 10.7. The van der Waals surface area contributed by atoms with Gasteiger partial charge in [0.05, 0.1) is 124 Å².